The Hall–Kier alpha value is -2.03. The monoisotopic (exact) mass is 339 g/mol. The summed E-state index contributed by atoms with van der Waals surface area (Å²) in [4.78, 5) is 24.1. The zero-order valence-corrected chi connectivity index (χ0v) is 14.3. The molecule has 23 heavy (non-hydrogen) atoms. The highest BCUT2D eigenvalue weighted by Gasteiger charge is 2.22. The number of H-pyrrole nitrogens is 1. The molecule has 1 atom stereocenters. The highest BCUT2D eigenvalue weighted by Crippen LogP contribution is 2.24. The number of aryl methyl sites for hydroxylation is 1. The van der Waals surface area contributed by atoms with Crippen LogP contribution in [0.15, 0.2) is 20.5 Å². The molecule has 8 nitrogen and oxygen atoms in total. The van der Waals surface area contributed by atoms with E-state index >= 15 is 0 Å². The molecule has 1 amide bonds. The number of nitrogens with one attached hydrogen (secondary N) is 2. The first kappa shape index (κ1) is 17.3. The van der Waals surface area contributed by atoms with Crippen molar-refractivity contribution in [3.63, 3.8) is 0 Å². The van der Waals surface area contributed by atoms with E-state index < -0.39 is 0 Å². The molecule has 2 rings (SSSR count). The summed E-state index contributed by atoms with van der Waals surface area (Å²) in [6.07, 6.45) is 2.46. The summed E-state index contributed by atoms with van der Waals surface area (Å²) < 4.78 is 6.50. The first-order chi connectivity index (χ1) is 11.0. The first-order valence-corrected chi connectivity index (χ1v) is 8.49. The molecule has 0 bridgehead atoms. The van der Waals surface area contributed by atoms with Crippen LogP contribution in [0.4, 0.5) is 5.82 Å². The van der Waals surface area contributed by atoms with Crippen molar-refractivity contribution in [1.29, 1.82) is 0 Å². The fraction of sp³-hybridized carbons (Fsp3) is 0.571. The van der Waals surface area contributed by atoms with Crippen molar-refractivity contribution in [2.24, 2.45) is 0 Å². The van der Waals surface area contributed by atoms with Gasteiger partial charge in [0.15, 0.2) is 11.0 Å². The summed E-state index contributed by atoms with van der Waals surface area (Å²) in [7, 11) is 0. The van der Waals surface area contributed by atoms with Crippen LogP contribution in [0.25, 0.3) is 0 Å². The summed E-state index contributed by atoms with van der Waals surface area (Å²) in [5.74, 6) is 0.821. The number of anilines is 1. The van der Waals surface area contributed by atoms with Gasteiger partial charge in [-0.15, -0.1) is 5.10 Å². The number of carbonyl (C=O) groups excluding carboxylic acids is 1. The van der Waals surface area contributed by atoms with Crippen LogP contribution in [-0.2, 0) is 11.3 Å². The second kappa shape index (κ2) is 8.00. The van der Waals surface area contributed by atoms with E-state index in [1.54, 1.807) is 17.6 Å². The van der Waals surface area contributed by atoms with Crippen molar-refractivity contribution in [1.82, 2.24) is 19.9 Å². The quantitative estimate of drug-likeness (QED) is 0.714. The number of carbonyl (C=O) groups is 1. The summed E-state index contributed by atoms with van der Waals surface area (Å²) in [6, 6.07) is 1.65. The molecule has 0 aliphatic carbocycles. The average Bonchev–Trinajstić information content (AvgIpc) is 3.08. The van der Waals surface area contributed by atoms with Gasteiger partial charge in [-0.25, -0.2) is 9.89 Å². The van der Waals surface area contributed by atoms with E-state index in [4.69, 9.17) is 4.52 Å². The molecule has 0 saturated heterocycles. The van der Waals surface area contributed by atoms with Crippen LogP contribution in [0.5, 0.6) is 0 Å². The number of amides is 1. The maximum Gasteiger partial charge on any atom is 0.343 e. The van der Waals surface area contributed by atoms with Gasteiger partial charge in [0.2, 0.25) is 5.91 Å². The molecular formula is C14H21N5O3S. The number of rotatable bonds is 8. The standard InChI is InChI=1S/C14H21N5O3S/c1-4-6-7-19-13(21)16-17-14(19)23-10(5-2)12(20)15-11-8-9(3)22-18-11/h8,10H,4-7H2,1-3H3,(H,16,21)(H,15,18,20)/t10-/m0/s1. The lowest BCUT2D eigenvalue weighted by molar-refractivity contribution is -0.115. The number of thioether (sulfide) groups is 1. The van der Waals surface area contributed by atoms with Crippen LogP contribution in [0, 0.1) is 6.92 Å². The van der Waals surface area contributed by atoms with Crippen molar-refractivity contribution < 1.29 is 9.32 Å². The van der Waals surface area contributed by atoms with Gasteiger partial charge in [-0.1, -0.05) is 37.2 Å². The van der Waals surface area contributed by atoms with E-state index in [-0.39, 0.29) is 16.8 Å². The highest BCUT2D eigenvalue weighted by molar-refractivity contribution is 8.00. The summed E-state index contributed by atoms with van der Waals surface area (Å²) in [6.45, 7) is 6.31. The smallest absolute Gasteiger partial charge is 0.343 e. The Morgan fingerprint density at radius 3 is 2.91 bits per heavy atom. The van der Waals surface area contributed by atoms with Crippen molar-refractivity contribution in [2.75, 3.05) is 5.32 Å². The summed E-state index contributed by atoms with van der Waals surface area (Å²) >= 11 is 1.27. The maximum atomic E-state index is 12.4. The molecule has 0 aliphatic heterocycles. The molecule has 9 heteroatoms. The first-order valence-electron chi connectivity index (χ1n) is 7.61. The van der Waals surface area contributed by atoms with Crippen LogP contribution in [-0.4, -0.2) is 31.1 Å². The van der Waals surface area contributed by atoms with Crippen LogP contribution < -0.4 is 11.0 Å². The minimum absolute atomic E-state index is 0.191. The van der Waals surface area contributed by atoms with Gasteiger partial charge in [0.05, 0.1) is 5.25 Å². The van der Waals surface area contributed by atoms with Gasteiger partial charge in [0, 0.05) is 12.6 Å². The van der Waals surface area contributed by atoms with Crippen molar-refractivity contribution >= 4 is 23.5 Å². The van der Waals surface area contributed by atoms with Crippen LogP contribution in [0.2, 0.25) is 0 Å². The molecular weight excluding hydrogens is 318 g/mol. The van der Waals surface area contributed by atoms with E-state index in [1.807, 2.05) is 6.92 Å². The zero-order chi connectivity index (χ0) is 16.8. The Balaban J connectivity index is 2.07. The van der Waals surface area contributed by atoms with Crippen LogP contribution in [0.1, 0.15) is 38.9 Å². The molecule has 0 fully saturated rings. The van der Waals surface area contributed by atoms with Crippen LogP contribution >= 0.6 is 11.8 Å². The van der Waals surface area contributed by atoms with Crippen molar-refractivity contribution in [3.8, 4) is 0 Å². The van der Waals surface area contributed by atoms with Crippen LogP contribution in [0.3, 0.4) is 0 Å². The predicted molar refractivity (Wildman–Crippen MR) is 87.6 cm³/mol. The highest BCUT2D eigenvalue weighted by atomic mass is 32.2. The Morgan fingerprint density at radius 1 is 1.52 bits per heavy atom. The second-order valence-electron chi connectivity index (χ2n) is 5.14. The normalized spacial score (nSPS) is 12.3. The van der Waals surface area contributed by atoms with Gasteiger partial charge in [-0.05, 0) is 19.8 Å². The minimum Gasteiger partial charge on any atom is -0.360 e. The lowest BCUT2D eigenvalue weighted by Crippen LogP contribution is -2.26. The Bertz CT molecular complexity index is 705. The number of hydrogen-bond acceptors (Lipinski definition) is 6. The van der Waals surface area contributed by atoms with E-state index in [0.29, 0.717) is 29.7 Å². The summed E-state index contributed by atoms with van der Waals surface area (Å²) in [5, 5.41) is 13.1. The largest absolute Gasteiger partial charge is 0.360 e. The molecule has 0 aliphatic rings. The SMILES string of the molecule is CCCCn1c(S[C@@H](CC)C(=O)Nc2cc(C)on2)n[nH]c1=O. The van der Waals surface area contributed by atoms with E-state index in [9.17, 15) is 9.59 Å². The number of aromatic amines is 1. The van der Waals surface area contributed by atoms with Gasteiger partial charge in [-0.2, -0.15) is 0 Å². The molecule has 0 spiro atoms. The van der Waals surface area contributed by atoms with E-state index in [0.717, 1.165) is 12.8 Å². The molecule has 2 N–H and O–H groups in total. The minimum atomic E-state index is -0.373. The fourth-order valence-electron chi connectivity index (χ4n) is 1.99. The van der Waals surface area contributed by atoms with E-state index in [1.165, 1.54) is 11.8 Å². The Labute approximate surface area is 138 Å². The molecule has 2 aromatic heterocycles. The molecule has 0 radical (unpaired) electrons. The lowest BCUT2D eigenvalue weighted by Gasteiger charge is -2.13. The molecule has 2 heterocycles. The van der Waals surface area contributed by atoms with Gasteiger partial charge < -0.3 is 9.84 Å². The molecule has 126 valence electrons. The molecule has 2 aromatic rings. The van der Waals surface area contributed by atoms with Gasteiger partial charge in [0.1, 0.15) is 5.76 Å². The van der Waals surface area contributed by atoms with Crippen molar-refractivity contribution in [2.45, 2.75) is 57.0 Å². The molecule has 0 aromatic carbocycles. The Kier molecular flexibility index (Phi) is 6.03. The number of aromatic nitrogens is 4. The second-order valence-corrected chi connectivity index (χ2v) is 6.31. The lowest BCUT2D eigenvalue weighted by atomic mass is 10.3. The van der Waals surface area contributed by atoms with Gasteiger partial charge in [0.25, 0.3) is 0 Å². The Morgan fingerprint density at radius 2 is 2.30 bits per heavy atom. The fourth-order valence-corrected chi connectivity index (χ4v) is 2.98. The third-order valence-electron chi connectivity index (χ3n) is 3.25. The van der Waals surface area contributed by atoms with Gasteiger partial charge >= 0.3 is 5.69 Å². The van der Waals surface area contributed by atoms with E-state index in [2.05, 4.69) is 27.6 Å². The van der Waals surface area contributed by atoms with Crippen molar-refractivity contribution in [3.05, 3.63) is 22.3 Å². The topological polar surface area (TPSA) is 106 Å². The average molecular weight is 339 g/mol. The third-order valence-corrected chi connectivity index (χ3v) is 4.60. The predicted octanol–water partition coefficient (Wildman–Crippen LogP) is 2.18. The number of hydrogen-bond donors (Lipinski definition) is 2. The molecule has 0 unspecified atom stereocenters. The third kappa shape index (κ3) is 4.47. The zero-order valence-electron chi connectivity index (χ0n) is 13.5. The number of unbranched alkanes of at least 4 members (excludes halogenated alkanes) is 1. The molecule has 0 saturated carbocycles. The van der Waals surface area contributed by atoms with Gasteiger partial charge in [-0.3, -0.25) is 9.36 Å². The maximum absolute atomic E-state index is 12.4. The summed E-state index contributed by atoms with van der Waals surface area (Å²) in [5.41, 5.74) is -0.247. The number of nitrogens with zero attached hydrogens (tertiary/aromatic N) is 3.